The maximum atomic E-state index is 13.1. The number of amides is 7. The Balaban J connectivity index is 0.000000190. The molecule has 2 heterocycles. The zero-order chi connectivity index (χ0) is 34.7. The van der Waals surface area contributed by atoms with Crippen molar-refractivity contribution in [3.8, 4) is 0 Å². The minimum absolute atomic E-state index is 0.178. The number of imide groups is 3. The van der Waals surface area contributed by atoms with E-state index in [9.17, 15) is 29.1 Å². The van der Waals surface area contributed by atoms with Crippen molar-refractivity contribution in [3.05, 3.63) is 115 Å². The number of benzene rings is 4. The van der Waals surface area contributed by atoms with Gasteiger partial charge < -0.3 is 5.11 Å². The summed E-state index contributed by atoms with van der Waals surface area (Å²) in [4.78, 5) is 66.9. The van der Waals surface area contributed by atoms with Gasteiger partial charge in [-0.1, -0.05) is 77.1 Å². The number of hydrogen-bond acceptors (Lipinski definition) is 6. The number of carbonyl (C=O) groups excluding carboxylic acids is 5. The lowest BCUT2D eigenvalue weighted by Gasteiger charge is -2.30. The number of hydrogen-bond donors (Lipinski definition) is 1. The highest BCUT2D eigenvalue weighted by Crippen LogP contribution is 2.38. The summed E-state index contributed by atoms with van der Waals surface area (Å²) in [7, 11) is 0. The number of anilines is 4. The Hall–Kier alpha value is -3.69. The van der Waals surface area contributed by atoms with Gasteiger partial charge in [-0.15, -0.1) is 0 Å². The number of nitrogens with zero attached hydrogens (tertiary/aromatic N) is 4. The highest BCUT2D eigenvalue weighted by atomic mass is 79.9. The predicted molar refractivity (Wildman–Crippen MR) is 197 cm³/mol. The third-order valence-electron chi connectivity index (χ3n) is 7.49. The molecule has 0 spiro atoms. The van der Waals surface area contributed by atoms with E-state index < -0.39 is 35.5 Å². The van der Waals surface area contributed by atoms with Crippen molar-refractivity contribution in [3.63, 3.8) is 0 Å². The molecule has 6 rings (SSSR count). The summed E-state index contributed by atoms with van der Waals surface area (Å²) in [6.45, 7) is 1.97. The minimum Gasteiger partial charge on any atom is -0.363 e. The SMILES string of the molecule is CCCCC1(O)C(=O)N(c2ccc(Br)cc2)C(=O)N1c1ccc(Br)cc1.O=C1C(=O)N(c2ccc(Br)cc2)C(=O)N1c1ccc(Br)cc1. The van der Waals surface area contributed by atoms with Gasteiger partial charge in [0.1, 0.15) is 0 Å². The van der Waals surface area contributed by atoms with Crippen molar-refractivity contribution >= 4 is 116 Å². The second kappa shape index (κ2) is 14.8. The lowest BCUT2D eigenvalue weighted by atomic mass is 10.0. The molecule has 0 aliphatic carbocycles. The van der Waals surface area contributed by atoms with E-state index in [0.29, 0.717) is 29.2 Å². The van der Waals surface area contributed by atoms with Crippen molar-refractivity contribution in [1.29, 1.82) is 0 Å². The summed E-state index contributed by atoms with van der Waals surface area (Å²) in [6.07, 6.45) is 1.60. The van der Waals surface area contributed by atoms with Crippen LogP contribution in [-0.4, -0.2) is 40.6 Å². The molecule has 2 saturated heterocycles. The van der Waals surface area contributed by atoms with Crippen LogP contribution in [0.25, 0.3) is 0 Å². The smallest absolute Gasteiger partial charge is 0.343 e. The Kier molecular flexibility index (Phi) is 11.0. The quantitative estimate of drug-likeness (QED) is 0.146. The van der Waals surface area contributed by atoms with Crippen molar-refractivity contribution in [1.82, 2.24) is 0 Å². The van der Waals surface area contributed by atoms with Gasteiger partial charge in [0.05, 0.1) is 17.1 Å². The van der Waals surface area contributed by atoms with Gasteiger partial charge in [0.2, 0.25) is 5.72 Å². The number of urea groups is 2. The lowest BCUT2D eigenvalue weighted by Crippen LogP contribution is -2.50. The largest absolute Gasteiger partial charge is 0.363 e. The Morgan fingerprint density at radius 1 is 0.521 bits per heavy atom. The van der Waals surface area contributed by atoms with Crippen molar-refractivity contribution in [2.24, 2.45) is 0 Å². The fraction of sp³-hybridized carbons (Fsp3) is 0.147. The summed E-state index contributed by atoms with van der Waals surface area (Å²) < 4.78 is 3.31. The van der Waals surface area contributed by atoms with E-state index in [2.05, 4.69) is 63.7 Å². The lowest BCUT2D eigenvalue weighted by molar-refractivity contribution is -0.133. The van der Waals surface area contributed by atoms with Crippen LogP contribution in [0.15, 0.2) is 115 Å². The van der Waals surface area contributed by atoms with E-state index in [1.54, 1.807) is 97.1 Å². The van der Waals surface area contributed by atoms with E-state index in [1.807, 2.05) is 6.92 Å². The van der Waals surface area contributed by atoms with Crippen molar-refractivity contribution in [2.45, 2.75) is 31.9 Å². The van der Waals surface area contributed by atoms with Crippen LogP contribution in [0.3, 0.4) is 0 Å². The molecule has 1 N–H and O–H groups in total. The van der Waals surface area contributed by atoms with Crippen molar-refractivity contribution < 1.29 is 29.1 Å². The van der Waals surface area contributed by atoms with Crippen LogP contribution < -0.4 is 19.6 Å². The fourth-order valence-corrected chi connectivity index (χ4v) is 6.15. The van der Waals surface area contributed by atoms with Gasteiger partial charge in [0.15, 0.2) is 0 Å². The number of aliphatic hydroxyl groups is 1. The van der Waals surface area contributed by atoms with Gasteiger partial charge in [0, 0.05) is 30.0 Å². The van der Waals surface area contributed by atoms with Gasteiger partial charge in [-0.25, -0.2) is 24.3 Å². The first-order valence-corrected chi connectivity index (χ1v) is 17.7. The molecular weight excluding hydrogens is 880 g/mol. The Labute approximate surface area is 309 Å². The average Bonchev–Trinajstić information content (AvgIpc) is 3.41. The molecule has 246 valence electrons. The highest BCUT2D eigenvalue weighted by molar-refractivity contribution is 9.11. The zero-order valence-electron chi connectivity index (χ0n) is 25.1. The second-order valence-corrected chi connectivity index (χ2v) is 14.3. The molecule has 0 aromatic heterocycles. The Bertz CT molecular complexity index is 1810. The minimum atomic E-state index is -1.89. The normalized spacial score (nSPS) is 17.8. The van der Waals surface area contributed by atoms with Gasteiger partial charge >= 0.3 is 23.9 Å². The van der Waals surface area contributed by atoms with Crippen LogP contribution in [0.1, 0.15) is 26.2 Å². The molecule has 0 radical (unpaired) electrons. The van der Waals surface area contributed by atoms with Gasteiger partial charge in [0.25, 0.3) is 5.91 Å². The first-order valence-electron chi connectivity index (χ1n) is 14.5. The molecule has 0 bridgehead atoms. The molecule has 48 heavy (non-hydrogen) atoms. The second-order valence-electron chi connectivity index (χ2n) is 10.6. The van der Waals surface area contributed by atoms with Gasteiger partial charge in [-0.05, 0) is 103 Å². The van der Waals surface area contributed by atoms with Crippen LogP contribution >= 0.6 is 63.7 Å². The molecule has 1 unspecified atom stereocenters. The van der Waals surface area contributed by atoms with Crippen LogP contribution in [0.4, 0.5) is 32.3 Å². The molecule has 0 saturated carbocycles. The predicted octanol–water partition coefficient (Wildman–Crippen LogP) is 8.78. The monoisotopic (exact) mass is 902 g/mol. The zero-order valence-corrected chi connectivity index (χ0v) is 31.5. The molecule has 1 atom stereocenters. The molecule has 4 aromatic carbocycles. The van der Waals surface area contributed by atoms with Crippen LogP contribution in [0, 0.1) is 0 Å². The molecular formula is C34H26Br4N4O6. The van der Waals surface area contributed by atoms with E-state index in [4.69, 9.17) is 0 Å². The highest BCUT2D eigenvalue weighted by Gasteiger charge is 2.57. The maximum Gasteiger partial charge on any atom is 0.343 e. The van der Waals surface area contributed by atoms with Gasteiger partial charge in [-0.3, -0.25) is 19.3 Å². The molecule has 7 amide bonds. The number of unbranched alkanes of at least 4 members (excludes halogenated alkanes) is 1. The van der Waals surface area contributed by atoms with Crippen LogP contribution in [0.5, 0.6) is 0 Å². The Morgan fingerprint density at radius 3 is 1.21 bits per heavy atom. The van der Waals surface area contributed by atoms with E-state index in [0.717, 1.165) is 39.0 Å². The molecule has 2 aliphatic rings. The number of halogens is 4. The summed E-state index contributed by atoms with van der Waals surface area (Å²) in [5.74, 6) is -2.35. The van der Waals surface area contributed by atoms with Gasteiger partial charge in [-0.2, -0.15) is 0 Å². The van der Waals surface area contributed by atoms with Crippen molar-refractivity contribution in [2.75, 3.05) is 19.6 Å². The molecule has 2 fully saturated rings. The topological polar surface area (TPSA) is 119 Å². The average molecular weight is 906 g/mol. The molecule has 4 aromatic rings. The maximum absolute atomic E-state index is 13.1. The molecule has 2 aliphatic heterocycles. The first kappa shape index (κ1) is 35.6. The fourth-order valence-electron chi connectivity index (χ4n) is 5.09. The summed E-state index contributed by atoms with van der Waals surface area (Å²) in [6, 6.07) is 25.7. The van der Waals surface area contributed by atoms with Crippen LogP contribution in [-0.2, 0) is 14.4 Å². The molecule has 14 heteroatoms. The third-order valence-corrected chi connectivity index (χ3v) is 9.60. The number of carbonyl (C=O) groups is 5. The van der Waals surface area contributed by atoms with E-state index in [-0.39, 0.29) is 6.42 Å². The summed E-state index contributed by atoms with van der Waals surface area (Å²) in [5, 5.41) is 11.2. The summed E-state index contributed by atoms with van der Waals surface area (Å²) in [5.41, 5.74) is -0.284. The third kappa shape index (κ3) is 7.03. The standard InChI is InChI=1S/C19H18Br2N2O3.C15H8Br2N2O3/c1-2-3-12-19(26)17(24)22(15-8-4-13(20)5-9-15)18(25)23(19)16-10-6-14(21)7-11-16;16-9-1-5-11(6-2-9)18-13(20)14(21)19(15(18)22)12-7-3-10(17)4-8-12/h4-11,26H,2-3,12H2,1H3;1-8H. The van der Waals surface area contributed by atoms with E-state index in [1.165, 1.54) is 4.90 Å². The van der Waals surface area contributed by atoms with Crippen LogP contribution in [0.2, 0.25) is 0 Å². The number of rotatable bonds is 7. The summed E-state index contributed by atoms with van der Waals surface area (Å²) >= 11 is 13.3. The molecule has 10 nitrogen and oxygen atoms in total. The Morgan fingerprint density at radius 2 is 0.854 bits per heavy atom. The first-order chi connectivity index (χ1) is 22.9. The van der Waals surface area contributed by atoms with E-state index >= 15 is 0 Å².